The SMILES string of the molecule is O=C(CN1CCN(S(=O)(=O)c2cc(Cl)ccc2Cl)CC1)N1CCCCC1. The number of amides is 1. The van der Waals surface area contributed by atoms with Gasteiger partial charge in [-0.15, -0.1) is 0 Å². The molecular weight excluding hydrogens is 397 g/mol. The monoisotopic (exact) mass is 419 g/mol. The summed E-state index contributed by atoms with van der Waals surface area (Å²) in [6.07, 6.45) is 3.32. The minimum Gasteiger partial charge on any atom is -0.342 e. The first kappa shape index (κ1) is 19.9. The van der Waals surface area contributed by atoms with Crippen LogP contribution in [-0.4, -0.2) is 74.2 Å². The number of hydrogen-bond donors (Lipinski definition) is 0. The van der Waals surface area contributed by atoms with E-state index in [2.05, 4.69) is 0 Å². The van der Waals surface area contributed by atoms with Gasteiger partial charge in [-0.2, -0.15) is 4.31 Å². The number of rotatable bonds is 4. The van der Waals surface area contributed by atoms with E-state index in [9.17, 15) is 13.2 Å². The molecule has 0 spiro atoms. The highest BCUT2D eigenvalue weighted by Crippen LogP contribution is 2.28. The Labute approximate surface area is 164 Å². The number of carbonyl (C=O) groups excluding carboxylic acids is 1. The normalized spacial score (nSPS) is 20.3. The quantitative estimate of drug-likeness (QED) is 0.750. The third kappa shape index (κ3) is 4.51. The Morgan fingerprint density at radius 1 is 0.962 bits per heavy atom. The Hall–Kier alpha value is -0.860. The van der Waals surface area contributed by atoms with Crippen molar-refractivity contribution >= 4 is 39.1 Å². The van der Waals surface area contributed by atoms with Gasteiger partial charge in [-0.3, -0.25) is 9.69 Å². The second kappa shape index (κ2) is 8.44. The van der Waals surface area contributed by atoms with Gasteiger partial charge in [-0.1, -0.05) is 23.2 Å². The summed E-state index contributed by atoms with van der Waals surface area (Å²) in [6.45, 7) is 3.73. The van der Waals surface area contributed by atoms with Crippen LogP contribution in [0, 0.1) is 0 Å². The van der Waals surface area contributed by atoms with Crippen molar-refractivity contribution in [2.45, 2.75) is 24.2 Å². The average Bonchev–Trinajstić information content (AvgIpc) is 2.65. The fourth-order valence-corrected chi connectivity index (χ4v) is 5.54. The van der Waals surface area contributed by atoms with Crippen LogP contribution in [0.2, 0.25) is 10.0 Å². The number of benzene rings is 1. The molecule has 0 aromatic heterocycles. The number of likely N-dealkylation sites (tertiary alicyclic amines) is 1. The minimum absolute atomic E-state index is 0.0320. The van der Waals surface area contributed by atoms with Crippen molar-refractivity contribution in [3.63, 3.8) is 0 Å². The van der Waals surface area contributed by atoms with E-state index in [0.29, 0.717) is 37.7 Å². The Morgan fingerprint density at radius 3 is 2.27 bits per heavy atom. The van der Waals surface area contributed by atoms with Gasteiger partial charge in [0.1, 0.15) is 4.90 Å². The van der Waals surface area contributed by atoms with E-state index < -0.39 is 10.0 Å². The molecule has 2 aliphatic rings. The van der Waals surface area contributed by atoms with E-state index in [4.69, 9.17) is 23.2 Å². The van der Waals surface area contributed by atoms with Gasteiger partial charge < -0.3 is 4.90 Å². The van der Waals surface area contributed by atoms with Crippen LogP contribution >= 0.6 is 23.2 Å². The summed E-state index contributed by atoms with van der Waals surface area (Å²) in [6, 6.07) is 4.43. The molecule has 3 rings (SSSR count). The van der Waals surface area contributed by atoms with Crippen molar-refractivity contribution in [3.8, 4) is 0 Å². The molecule has 2 heterocycles. The van der Waals surface area contributed by atoms with Crippen LogP contribution in [0.4, 0.5) is 0 Å². The molecule has 144 valence electrons. The molecule has 0 radical (unpaired) electrons. The largest absolute Gasteiger partial charge is 0.342 e. The Balaban J connectivity index is 1.59. The number of carbonyl (C=O) groups is 1. The summed E-state index contributed by atoms with van der Waals surface area (Å²) >= 11 is 12.0. The molecular formula is C17H23Cl2N3O3S. The molecule has 0 aliphatic carbocycles. The predicted molar refractivity (Wildman–Crippen MR) is 102 cm³/mol. The van der Waals surface area contributed by atoms with Crippen LogP contribution in [0.1, 0.15) is 19.3 Å². The Kier molecular flexibility index (Phi) is 6.45. The first-order valence-corrected chi connectivity index (χ1v) is 11.0. The minimum atomic E-state index is -3.69. The molecule has 1 amide bonds. The summed E-state index contributed by atoms with van der Waals surface area (Å²) in [5.41, 5.74) is 0. The molecule has 2 saturated heterocycles. The van der Waals surface area contributed by atoms with Crippen LogP contribution in [-0.2, 0) is 14.8 Å². The maximum Gasteiger partial charge on any atom is 0.244 e. The second-order valence-electron chi connectivity index (χ2n) is 6.70. The lowest BCUT2D eigenvalue weighted by molar-refractivity contribution is -0.133. The van der Waals surface area contributed by atoms with Crippen molar-refractivity contribution in [1.82, 2.24) is 14.1 Å². The van der Waals surface area contributed by atoms with E-state index in [1.165, 1.54) is 22.9 Å². The van der Waals surface area contributed by atoms with E-state index in [-0.39, 0.29) is 15.8 Å². The van der Waals surface area contributed by atoms with Crippen LogP contribution in [0.3, 0.4) is 0 Å². The lowest BCUT2D eigenvalue weighted by Crippen LogP contribution is -2.51. The topological polar surface area (TPSA) is 60.9 Å². The third-order valence-corrected chi connectivity index (χ3v) is 7.53. The van der Waals surface area contributed by atoms with Gasteiger partial charge in [0.25, 0.3) is 0 Å². The maximum absolute atomic E-state index is 12.8. The zero-order chi connectivity index (χ0) is 18.7. The van der Waals surface area contributed by atoms with Gasteiger partial charge in [-0.05, 0) is 37.5 Å². The zero-order valence-electron chi connectivity index (χ0n) is 14.5. The van der Waals surface area contributed by atoms with Crippen molar-refractivity contribution in [2.75, 3.05) is 45.8 Å². The Bertz CT molecular complexity index is 759. The van der Waals surface area contributed by atoms with Gasteiger partial charge in [0.15, 0.2) is 0 Å². The van der Waals surface area contributed by atoms with Crippen molar-refractivity contribution in [1.29, 1.82) is 0 Å². The highest BCUT2D eigenvalue weighted by Gasteiger charge is 2.31. The lowest BCUT2D eigenvalue weighted by atomic mass is 10.1. The standard InChI is InChI=1S/C17H23Cl2N3O3S/c18-14-4-5-15(19)16(12-14)26(24,25)22-10-8-20(9-11-22)13-17(23)21-6-2-1-3-7-21/h4-5,12H,1-3,6-11,13H2. The molecule has 2 fully saturated rings. The molecule has 0 N–H and O–H groups in total. The van der Waals surface area contributed by atoms with Crippen LogP contribution in [0.15, 0.2) is 23.1 Å². The van der Waals surface area contributed by atoms with E-state index in [0.717, 1.165) is 25.9 Å². The molecule has 1 aromatic carbocycles. The smallest absolute Gasteiger partial charge is 0.244 e. The molecule has 0 unspecified atom stereocenters. The number of piperazine rings is 1. The second-order valence-corrected chi connectivity index (χ2v) is 9.45. The highest BCUT2D eigenvalue weighted by molar-refractivity contribution is 7.89. The van der Waals surface area contributed by atoms with Crippen molar-refractivity contribution in [3.05, 3.63) is 28.2 Å². The van der Waals surface area contributed by atoms with Crippen LogP contribution in [0.25, 0.3) is 0 Å². The average molecular weight is 420 g/mol. The number of halogens is 2. The van der Waals surface area contributed by atoms with Gasteiger partial charge in [0.05, 0.1) is 11.6 Å². The molecule has 0 atom stereocenters. The van der Waals surface area contributed by atoms with E-state index >= 15 is 0 Å². The van der Waals surface area contributed by atoms with Crippen LogP contribution in [0.5, 0.6) is 0 Å². The fraction of sp³-hybridized carbons (Fsp3) is 0.588. The summed E-state index contributed by atoms with van der Waals surface area (Å²) in [4.78, 5) is 16.3. The molecule has 0 saturated carbocycles. The molecule has 6 nitrogen and oxygen atoms in total. The maximum atomic E-state index is 12.8. The Morgan fingerprint density at radius 2 is 1.62 bits per heavy atom. The summed E-state index contributed by atoms with van der Waals surface area (Å²) in [7, 11) is -3.69. The van der Waals surface area contributed by atoms with Gasteiger partial charge >= 0.3 is 0 Å². The number of nitrogens with zero attached hydrogens (tertiary/aromatic N) is 3. The number of hydrogen-bond acceptors (Lipinski definition) is 4. The summed E-state index contributed by atoms with van der Waals surface area (Å²) in [5, 5.41) is 0.496. The molecule has 1 aromatic rings. The van der Waals surface area contributed by atoms with Gasteiger partial charge in [-0.25, -0.2) is 8.42 Å². The van der Waals surface area contributed by atoms with Crippen molar-refractivity contribution < 1.29 is 13.2 Å². The first-order chi connectivity index (χ1) is 12.4. The van der Waals surface area contributed by atoms with E-state index in [1.807, 2.05) is 9.80 Å². The zero-order valence-corrected chi connectivity index (χ0v) is 16.9. The highest BCUT2D eigenvalue weighted by atomic mass is 35.5. The number of sulfonamides is 1. The molecule has 2 aliphatic heterocycles. The first-order valence-electron chi connectivity index (χ1n) is 8.83. The third-order valence-electron chi connectivity index (χ3n) is 4.91. The molecule has 26 heavy (non-hydrogen) atoms. The number of piperidine rings is 1. The summed E-state index contributed by atoms with van der Waals surface area (Å²) in [5.74, 6) is 0.138. The summed E-state index contributed by atoms with van der Waals surface area (Å²) < 4.78 is 27.1. The molecule has 0 bridgehead atoms. The molecule has 9 heteroatoms. The van der Waals surface area contributed by atoms with Gasteiger partial charge in [0, 0.05) is 44.3 Å². The fourth-order valence-electron chi connectivity index (χ4n) is 3.38. The predicted octanol–water partition coefficient (Wildman–Crippen LogP) is 2.31. The van der Waals surface area contributed by atoms with Gasteiger partial charge in [0.2, 0.25) is 15.9 Å². The van der Waals surface area contributed by atoms with E-state index in [1.54, 1.807) is 6.07 Å². The van der Waals surface area contributed by atoms with Crippen LogP contribution < -0.4 is 0 Å². The van der Waals surface area contributed by atoms with Crippen molar-refractivity contribution in [2.24, 2.45) is 0 Å². The lowest BCUT2D eigenvalue weighted by Gasteiger charge is -2.35.